The van der Waals surface area contributed by atoms with Crippen LogP contribution in [0.3, 0.4) is 0 Å². The van der Waals surface area contributed by atoms with E-state index in [1.54, 1.807) is 11.3 Å². The van der Waals surface area contributed by atoms with Crippen molar-refractivity contribution in [2.75, 3.05) is 19.8 Å². The van der Waals surface area contributed by atoms with E-state index in [0.29, 0.717) is 0 Å². The van der Waals surface area contributed by atoms with Crippen molar-refractivity contribution in [3.05, 3.63) is 39.7 Å². The second kappa shape index (κ2) is 5.41. The molecule has 4 heteroatoms. The van der Waals surface area contributed by atoms with E-state index in [0.717, 1.165) is 30.5 Å². The molecular formula is C15H18N2OS. The Balaban J connectivity index is 1.87. The van der Waals surface area contributed by atoms with E-state index in [2.05, 4.69) is 42.7 Å². The molecule has 0 amide bonds. The van der Waals surface area contributed by atoms with Gasteiger partial charge in [-0.05, 0) is 19.4 Å². The van der Waals surface area contributed by atoms with Crippen molar-refractivity contribution in [2.45, 2.75) is 19.9 Å². The maximum Gasteiger partial charge on any atom is 0.113 e. The van der Waals surface area contributed by atoms with Crippen LogP contribution in [0.25, 0.3) is 11.3 Å². The first kappa shape index (κ1) is 12.8. The van der Waals surface area contributed by atoms with E-state index in [-0.39, 0.29) is 6.04 Å². The van der Waals surface area contributed by atoms with Crippen molar-refractivity contribution >= 4 is 11.3 Å². The lowest BCUT2D eigenvalue weighted by Crippen LogP contribution is -2.34. The minimum atomic E-state index is 0.248. The fraction of sp³-hybridized carbons (Fsp3) is 0.400. The minimum Gasteiger partial charge on any atom is -0.378 e. The summed E-state index contributed by atoms with van der Waals surface area (Å²) in [5.74, 6) is 0. The summed E-state index contributed by atoms with van der Waals surface area (Å²) < 4.78 is 5.50. The zero-order chi connectivity index (χ0) is 13.2. The van der Waals surface area contributed by atoms with Gasteiger partial charge < -0.3 is 10.1 Å². The van der Waals surface area contributed by atoms with Crippen LogP contribution in [-0.4, -0.2) is 24.7 Å². The van der Waals surface area contributed by atoms with Gasteiger partial charge in [-0.15, -0.1) is 11.3 Å². The van der Waals surface area contributed by atoms with Crippen molar-refractivity contribution in [1.29, 1.82) is 0 Å². The first-order valence-corrected chi connectivity index (χ1v) is 7.46. The fourth-order valence-electron chi connectivity index (χ4n) is 2.40. The van der Waals surface area contributed by atoms with Gasteiger partial charge in [0.1, 0.15) is 5.01 Å². The van der Waals surface area contributed by atoms with Gasteiger partial charge in [-0.25, -0.2) is 4.98 Å². The third kappa shape index (κ3) is 2.71. The molecule has 1 saturated heterocycles. The Morgan fingerprint density at radius 2 is 2.26 bits per heavy atom. The highest BCUT2D eigenvalue weighted by atomic mass is 32.1. The van der Waals surface area contributed by atoms with Crippen LogP contribution in [0.1, 0.15) is 22.2 Å². The van der Waals surface area contributed by atoms with E-state index >= 15 is 0 Å². The quantitative estimate of drug-likeness (QED) is 0.914. The summed E-state index contributed by atoms with van der Waals surface area (Å²) in [6, 6.07) is 6.76. The molecule has 2 aromatic rings. The van der Waals surface area contributed by atoms with Gasteiger partial charge in [-0.2, -0.15) is 0 Å². The maximum absolute atomic E-state index is 5.50. The lowest BCUT2D eigenvalue weighted by Gasteiger charge is -2.21. The van der Waals surface area contributed by atoms with Gasteiger partial charge >= 0.3 is 0 Å². The average molecular weight is 274 g/mol. The summed E-state index contributed by atoms with van der Waals surface area (Å²) in [5, 5.41) is 6.71. The van der Waals surface area contributed by atoms with Crippen molar-refractivity contribution in [2.24, 2.45) is 0 Å². The van der Waals surface area contributed by atoms with Crippen LogP contribution in [0.2, 0.25) is 0 Å². The van der Waals surface area contributed by atoms with Gasteiger partial charge in [0.05, 0.1) is 24.9 Å². The Hall–Kier alpha value is -1.23. The van der Waals surface area contributed by atoms with Crippen LogP contribution in [0.4, 0.5) is 0 Å². The summed E-state index contributed by atoms with van der Waals surface area (Å²) in [7, 11) is 0. The lowest BCUT2D eigenvalue weighted by atomic mass is 10.0. The number of morpholine rings is 1. The molecule has 2 heterocycles. The molecule has 0 radical (unpaired) electrons. The Labute approximate surface area is 117 Å². The van der Waals surface area contributed by atoms with Gasteiger partial charge in [0.15, 0.2) is 0 Å². The van der Waals surface area contributed by atoms with Crippen LogP contribution in [0, 0.1) is 13.8 Å². The maximum atomic E-state index is 5.50. The monoisotopic (exact) mass is 274 g/mol. The second-order valence-electron chi connectivity index (χ2n) is 4.97. The largest absolute Gasteiger partial charge is 0.378 e. The molecule has 1 aromatic heterocycles. The molecular weight excluding hydrogens is 256 g/mol. The molecule has 19 heavy (non-hydrogen) atoms. The van der Waals surface area contributed by atoms with E-state index in [9.17, 15) is 0 Å². The summed E-state index contributed by atoms with van der Waals surface area (Å²) in [6.07, 6.45) is 0. The number of hydrogen-bond acceptors (Lipinski definition) is 4. The number of aryl methyl sites for hydroxylation is 2. The van der Waals surface area contributed by atoms with Gasteiger partial charge in [0.2, 0.25) is 0 Å². The molecule has 1 atom stereocenters. The molecule has 0 bridgehead atoms. The zero-order valence-electron chi connectivity index (χ0n) is 11.3. The van der Waals surface area contributed by atoms with Crippen LogP contribution >= 0.6 is 11.3 Å². The molecule has 0 aliphatic carbocycles. The Bertz CT molecular complexity index is 573. The third-order valence-electron chi connectivity index (χ3n) is 3.40. The number of nitrogens with one attached hydrogen (secondary N) is 1. The van der Waals surface area contributed by atoms with Gasteiger partial charge in [-0.3, -0.25) is 0 Å². The predicted octanol–water partition coefficient (Wildman–Crippen LogP) is 3.09. The summed E-state index contributed by atoms with van der Waals surface area (Å²) in [5.41, 5.74) is 4.87. The van der Waals surface area contributed by atoms with Crippen molar-refractivity contribution < 1.29 is 4.74 Å². The molecule has 3 rings (SSSR count). The first-order chi connectivity index (χ1) is 9.24. The minimum absolute atomic E-state index is 0.248. The molecule has 1 aromatic carbocycles. The highest BCUT2D eigenvalue weighted by molar-refractivity contribution is 7.10. The van der Waals surface area contributed by atoms with Gasteiger partial charge in [0.25, 0.3) is 0 Å². The average Bonchev–Trinajstić information content (AvgIpc) is 2.89. The molecule has 1 aliphatic heterocycles. The SMILES string of the molecule is Cc1ccc(-c2csc(C3COCCN3)n2)c(C)c1. The first-order valence-electron chi connectivity index (χ1n) is 6.58. The fourth-order valence-corrected chi connectivity index (χ4v) is 3.28. The van der Waals surface area contributed by atoms with Crippen molar-refractivity contribution in [3.8, 4) is 11.3 Å². The number of rotatable bonds is 2. The van der Waals surface area contributed by atoms with Crippen molar-refractivity contribution in [1.82, 2.24) is 10.3 Å². The summed E-state index contributed by atoms with van der Waals surface area (Å²) >= 11 is 1.71. The topological polar surface area (TPSA) is 34.1 Å². The third-order valence-corrected chi connectivity index (χ3v) is 4.36. The molecule has 0 saturated carbocycles. The van der Waals surface area contributed by atoms with E-state index in [1.807, 2.05) is 0 Å². The molecule has 1 aliphatic rings. The van der Waals surface area contributed by atoms with E-state index in [1.165, 1.54) is 16.7 Å². The van der Waals surface area contributed by atoms with Gasteiger partial charge in [-0.1, -0.05) is 23.8 Å². The van der Waals surface area contributed by atoms with E-state index < -0.39 is 0 Å². The normalized spacial score (nSPS) is 19.6. The molecule has 1 N–H and O–H groups in total. The number of aromatic nitrogens is 1. The summed E-state index contributed by atoms with van der Waals surface area (Å²) in [4.78, 5) is 4.77. The Morgan fingerprint density at radius 1 is 1.37 bits per heavy atom. The second-order valence-corrected chi connectivity index (χ2v) is 5.86. The lowest BCUT2D eigenvalue weighted by molar-refractivity contribution is 0.0768. The Kier molecular flexibility index (Phi) is 3.64. The standard InChI is InChI=1S/C15H18N2OS/c1-10-3-4-12(11(2)7-10)14-9-19-15(17-14)13-8-18-6-5-16-13/h3-4,7,9,13,16H,5-6,8H2,1-2H3. The highest BCUT2D eigenvalue weighted by Crippen LogP contribution is 2.28. The van der Waals surface area contributed by atoms with Crippen LogP contribution in [0.15, 0.2) is 23.6 Å². The molecule has 1 fully saturated rings. The van der Waals surface area contributed by atoms with E-state index in [4.69, 9.17) is 9.72 Å². The zero-order valence-corrected chi connectivity index (χ0v) is 12.1. The highest BCUT2D eigenvalue weighted by Gasteiger charge is 2.19. The molecule has 1 unspecified atom stereocenters. The number of thiazole rings is 1. The van der Waals surface area contributed by atoms with Gasteiger partial charge in [0, 0.05) is 17.5 Å². The molecule has 3 nitrogen and oxygen atoms in total. The number of hydrogen-bond donors (Lipinski definition) is 1. The molecule has 100 valence electrons. The van der Waals surface area contributed by atoms with Crippen LogP contribution in [0.5, 0.6) is 0 Å². The number of nitrogens with zero attached hydrogens (tertiary/aromatic N) is 1. The smallest absolute Gasteiger partial charge is 0.113 e. The predicted molar refractivity (Wildman–Crippen MR) is 78.6 cm³/mol. The number of ether oxygens (including phenoxy) is 1. The van der Waals surface area contributed by atoms with Crippen LogP contribution < -0.4 is 5.32 Å². The van der Waals surface area contributed by atoms with Crippen LogP contribution in [-0.2, 0) is 4.74 Å². The Morgan fingerprint density at radius 3 is 3.00 bits per heavy atom. The van der Waals surface area contributed by atoms with Crippen molar-refractivity contribution in [3.63, 3.8) is 0 Å². The molecule has 0 spiro atoms. The summed E-state index contributed by atoms with van der Waals surface area (Å²) in [6.45, 7) is 6.69. The number of benzene rings is 1.